The fraction of sp³-hybridized carbons (Fsp3) is 0.348. The Labute approximate surface area is 194 Å². The fourth-order valence-electron chi connectivity index (χ4n) is 3.49. The third-order valence-corrected chi connectivity index (χ3v) is 5.44. The first-order chi connectivity index (χ1) is 15.9. The van der Waals surface area contributed by atoms with Crippen LogP contribution in [-0.2, 0) is 0 Å². The first-order valence-electron chi connectivity index (χ1n) is 10.5. The zero-order valence-electron chi connectivity index (χ0n) is 19.0. The number of pyridine rings is 1. The molecule has 9 nitrogen and oxygen atoms in total. The number of methoxy groups -OCH3 is 2. The summed E-state index contributed by atoms with van der Waals surface area (Å²) in [7, 11) is 7.14. The van der Waals surface area contributed by atoms with Gasteiger partial charge in [-0.15, -0.1) is 0 Å². The van der Waals surface area contributed by atoms with E-state index in [1.807, 2.05) is 18.2 Å². The Balaban J connectivity index is 0.00000216. The Morgan fingerprint density at radius 3 is 2.52 bits per heavy atom. The van der Waals surface area contributed by atoms with E-state index in [2.05, 4.69) is 44.6 Å². The molecule has 178 valence electrons. The van der Waals surface area contributed by atoms with Crippen molar-refractivity contribution in [3.63, 3.8) is 0 Å². The minimum absolute atomic E-state index is 0. The monoisotopic (exact) mass is 458 g/mol. The standard InChI is InChI=1S/C23H27FN6O3.2H2/c1-30(2)16-11-17(12-16)33-19-6-5-14(10-20(19)31-3)28-23-25-8-7-21(29-23)27-15-9-18(24)22(32-4)26-13-15;;/h5-10,13,16-17H,11-12H2,1-4H3,(H2,25,27,28,29);2*1H. The van der Waals surface area contributed by atoms with E-state index in [0.717, 1.165) is 18.5 Å². The predicted octanol–water partition coefficient (Wildman–Crippen LogP) is 4.48. The van der Waals surface area contributed by atoms with Gasteiger partial charge in [0, 0.05) is 32.9 Å². The van der Waals surface area contributed by atoms with Gasteiger partial charge in [0.1, 0.15) is 11.9 Å². The Kier molecular flexibility index (Phi) is 6.74. The van der Waals surface area contributed by atoms with E-state index in [4.69, 9.17) is 14.2 Å². The lowest BCUT2D eigenvalue weighted by Crippen LogP contribution is -2.46. The molecule has 0 spiro atoms. The van der Waals surface area contributed by atoms with Crippen LogP contribution in [0.2, 0.25) is 0 Å². The van der Waals surface area contributed by atoms with E-state index >= 15 is 0 Å². The number of nitrogens with one attached hydrogen (secondary N) is 2. The molecule has 0 atom stereocenters. The van der Waals surface area contributed by atoms with Gasteiger partial charge in [0.05, 0.1) is 26.1 Å². The minimum atomic E-state index is -0.566. The second-order valence-electron chi connectivity index (χ2n) is 7.92. The number of aromatic nitrogens is 3. The highest BCUT2D eigenvalue weighted by Gasteiger charge is 2.32. The molecule has 1 aromatic carbocycles. The molecule has 0 unspecified atom stereocenters. The van der Waals surface area contributed by atoms with E-state index in [1.54, 1.807) is 19.4 Å². The average Bonchev–Trinajstić information content (AvgIpc) is 2.76. The average molecular weight is 459 g/mol. The summed E-state index contributed by atoms with van der Waals surface area (Å²) in [6.07, 6.45) is 5.24. The van der Waals surface area contributed by atoms with E-state index in [0.29, 0.717) is 35.0 Å². The van der Waals surface area contributed by atoms with Gasteiger partial charge in [-0.2, -0.15) is 4.98 Å². The number of benzene rings is 1. The summed E-state index contributed by atoms with van der Waals surface area (Å²) in [5.74, 6) is 1.54. The summed E-state index contributed by atoms with van der Waals surface area (Å²) in [6.45, 7) is 0. The van der Waals surface area contributed by atoms with Crippen LogP contribution < -0.4 is 24.8 Å². The SMILES string of the molecule is COc1cc(Nc2nccc(Nc3cnc(OC)c(F)c3)n2)ccc1OC1CC(N(C)C)C1.[HH].[HH]. The molecular formula is C23H31FN6O3. The maximum atomic E-state index is 13.9. The maximum absolute atomic E-state index is 13.9. The van der Waals surface area contributed by atoms with E-state index in [9.17, 15) is 4.39 Å². The van der Waals surface area contributed by atoms with E-state index < -0.39 is 5.82 Å². The second kappa shape index (κ2) is 9.86. The van der Waals surface area contributed by atoms with Crippen LogP contribution in [-0.4, -0.2) is 60.3 Å². The molecule has 33 heavy (non-hydrogen) atoms. The third-order valence-electron chi connectivity index (χ3n) is 5.44. The smallest absolute Gasteiger partial charge is 0.250 e. The normalized spacial score (nSPS) is 17.3. The largest absolute Gasteiger partial charge is 0.493 e. The Morgan fingerprint density at radius 2 is 1.82 bits per heavy atom. The summed E-state index contributed by atoms with van der Waals surface area (Å²) >= 11 is 0. The Morgan fingerprint density at radius 1 is 1.00 bits per heavy atom. The van der Waals surface area contributed by atoms with Gasteiger partial charge in [0.15, 0.2) is 17.3 Å². The molecule has 1 aliphatic carbocycles. The summed E-state index contributed by atoms with van der Waals surface area (Å²) in [5, 5.41) is 6.15. The molecule has 1 fully saturated rings. The van der Waals surface area contributed by atoms with Crippen LogP contribution in [0, 0.1) is 5.82 Å². The number of rotatable bonds is 9. The molecular weight excluding hydrogens is 427 g/mol. The van der Waals surface area contributed by atoms with Crippen molar-refractivity contribution >= 4 is 23.1 Å². The third kappa shape index (κ3) is 5.40. The lowest BCUT2D eigenvalue weighted by Gasteiger charge is -2.39. The van der Waals surface area contributed by atoms with Crippen molar-refractivity contribution in [2.75, 3.05) is 38.9 Å². The Bertz CT molecular complexity index is 1120. The van der Waals surface area contributed by atoms with Crippen LogP contribution in [0.15, 0.2) is 42.7 Å². The molecule has 2 aromatic heterocycles. The summed E-state index contributed by atoms with van der Waals surface area (Å²) in [5.41, 5.74) is 1.18. The van der Waals surface area contributed by atoms with E-state index in [-0.39, 0.29) is 14.8 Å². The second-order valence-corrected chi connectivity index (χ2v) is 7.92. The molecule has 0 amide bonds. The molecule has 3 aromatic rings. The van der Waals surface area contributed by atoms with Crippen molar-refractivity contribution in [2.24, 2.45) is 0 Å². The highest BCUT2D eigenvalue weighted by molar-refractivity contribution is 5.62. The quantitative estimate of drug-likeness (QED) is 0.481. The van der Waals surface area contributed by atoms with Gasteiger partial charge in [-0.3, -0.25) is 0 Å². The van der Waals surface area contributed by atoms with Crippen LogP contribution in [0.1, 0.15) is 15.7 Å². The van der Waals surface area contributed by atoms with Gasteiger partial charge < -0.3 is 29.7 Å². The van der Waals surface area contributed by atoms with Gasteiger partial charge in [-0.05, 0) is 45.1 Å². The van der Waals surface area contributed by atoms with Crippen LogP contribution in [0.5, 0.6) is 17.4 Å². The summed E-state index contributed by atoms with van der Waals surface area (Å²) in [4.78, 5) is 14.8. The highest BCUT2D eigenvalue weighted by Crippen LogP contribution is 2.36. The van der Waals surface area contributed by atoms with Gasteiger partial charge in [0.25, 0.3) is 0 Å². The molecule has 1 saturated carbocycles. The molecule has 10 heteroatoms. The molecule has 0 aliphatic heterocycles. The molecule has 0 bridgehead atoms. The fourth-order valence-corrected chi connectivity index (χ4v) is 3.49. The number of anilines is 4. The minimum Gasteiger partial charge on any atom is -0.493 e. The zero-order chi connectivity index (χ0) is 23.4. The van der Waals surface area contributed by atoms with Crippen LogP contribution >= 0.6 is 0 Å². The van der Waals surface area contributed by atoms with Gasteiger partial charge >= 0.3 is 0 Å². The molecule has 0 saturated heterocycles. The molecule has 2 N–H and O–H groups in total. The number of hydrogen-bond acceptors (Lipinski definition) is 9. The molecule has 1 aliphatic rings. The maximum Gasteiger partial charge on any atom is 0.250 e. The van der Waals surface area contributed by atoms with Gasteiger partial charge in [-0.1, -0.05) is 0 Å². The van der Waals surface area contributed by atoms with Crippen molar-refractivity contribution < 1.29 is 21.5 Å². The number of hydrogen-bond donors (Lipinski definition) is 2. The van der Waals surface area contributed by atoms with Crippen molar-refractivity contribution in [2.45, 2.75) is 25.0 Å². The summed E-state index contributed by atoms with van der Waals surface area (Å²) in [6, 6.07) is 9.11. The first-order valence-corrected chi connectivity index (χ1v) is 10.5. The van der Waals surface area contributed by atoms with E-state index in [1.165, 1.54) is 19.4 Å². The molecule has 0 radical (unpaired) electrons. The van der Waals surface area contributed by atoms with Crippen molar-refractivity contribution in [1.29, 1.82) is 0 Å². The predicted molar refractivity (Wildman–Crippen MR) is 128 cm³/mol. The lowest BCUT2D eigenvalue weighted by atomic mass is 9.88. The van der Waals surface area contributed by atoms with Gasteiger partial charge in [0.2, 0.25) is 11.8 Å². The van der Waals surface area contributed by atoms with Crippen molar-refractivity contribution in [3.05, 3.63) is 48.5 Å². The van der Waals surface area contributed by atoms with Crippen molar-refractivity contribution in [3.8, 4) is 17.4 Å². The summed E-state index contributed by atoms with van der Waals surface area (Å²) < 4.78 is 30.3. The van der Waals surface area contributed by atoms with Crippen LogP contribution in [0.25, 0.3) is 0 Å². The van der Waals surface area contributed by atoms with Crippen LogP contribution in [0.3, 0.4) is 0 Å². The van der Waals surface area contributed by atoms with Crippen LogP contribution in [0.4, 0.5) is 27.5 Å². The first kappa shape index (κ1) is 22.5. The topological polar surface area (TPSA) is 93.7 Å². The Hall–Kier alpha value is -3.66. The number of ether oxygens (including phenoxy) is 3. The zero-order valence-corrected chi connectivity index (χ0v) is 19.0. The molecule has 2 heterocycles. The highest BCUT2D eigenvalue weighted by atomic mass is 19.1. The number of nitrogens with zero attached hydrogens (tertiary/aromatic N) is 4. The van der Waals surface area contributed by atoms with Gasteiger partial charge in [-0.25, -0.2) is 14.4 Å². The molecule has 4 rings (SSSR count). The lowest BCUT2D eigenvalue weighted by molar-refractivity contribution is 0.0383. The van der Waals surface area contributed by atoms with Crippen molar-refractivity contribution in [1.82, 2.24) is 19.9 Å². The number of halogens is 1.